The van der Waals surface area contributed by atoms with Crippen LogP contribution in [-0.4, -0.2) is 41.3 Å². The first-order chi connectivity index (χ1) is 18.0. The van der Waals surface area contributed by atoms with Crippen molar-refractivity contribution in [1.82, 2.24) is 10.1 Å². The molecule has 1 amide bonds. The number of hydrogen-bond donors (Lipinski definition) is 3. The van der Waals surface area contributed by atoms with Gasteiger partial charge in [0.2, 0.25) is 21.7 Å². The number of aromatic nitrogens is 2. The number of pyridine rings is 1. The quantitative estimate of drug-likeness (QED) is 0.337. The van der Waals surface area contributed by atoms with Crippen LogP contribution in [0.4, 0.5) is 11.4 Å². The number of carbonyl (C=O) groups is 2. The molecule has 0 bridgehead atoms. The topological polar surface area (TPSA) is 151 Å². The number of sulfonamides is 1. The molecule has 0 unspecified atom stereocenters. The third-order valence-corrected chi connectivity index (χ3v) is 8.20. The number of aryl methyl sites for hydroxylation is 3. The molecular formula is C26H29ClN4O6S. The van der Waals surface area contributed by atoms with E-state index in [0.29, 0.717) is 47.1 Å². The third kappa shape index (κ3) is 6.51. The average Bonchev–Trinajstić information content (AvgIpc) is 3.24. The van der Waals surface area contributed by atoms with Gasteiger partial charge in [-0.15, -0.1) is 0 Å². The van der Waals surface area contributed by atoms with Crippen LogP contribution in [0.1, 0.15) is 42.6 Å². The summed E-state index contributed by atoms with van der Waals surface area (Å²) in [4.78, 5) is 28.9. The molecule has 38 heavy (non-hydrogen) atoms. The summed E-state index contributed by atoms with van der Waals surface area (Å²) in [5, 5.41) is 16.8. The molecule has 0 aliphatic heterocycles. The van der Waals surface area contributed by atoms with Crippen LogP contribution in [0.15, 0.2) is 40.9 Å². The van der Waals surface area contributed by atoms with E-state index in [-0.39, 0.29) is 23.1 Å². The van der Waals surface area contributed by atoms with Crippen LogP contribution in [-0.2, 0) is 26.0 Å². The van der Waals surface area contributed by atoms with Crippen LogP contribution in [0.5, 0.6) is 0 Å². The smallest absolute Gasteiger partial charge is 0.307 e. The van der Waals surface area contributed by atoms with Gasteiger partial charge in [-0.05, 0) is 62.9 Å². The number of anilines is 2. The van der Waals surface area contributed by atoms with E-state index in [1.165, 1.54) is 0 Å². The Kier molecular flexibility index (Phi) is 8.37. The Hall–Kier alpha value is -3.44. The standard InChI is InChI=1S/C26H29ClN4O6S/c1-15-21(29-25(32)19-5-3-4-6-20(19)26(33)34)11-12-22(28-15)24-23(16(2)30-37-24)31-38(35,36)14-13-17-7-9-18(27)10-8-17/h7-12,19-20,31H,3-6,13-14H2,1-2H3,(H,29,32)(H,33,34)/t19-,20-/m0/s1. The number of carboxylic acids is 1. The number of hydrogen-bond acceptors (Lipinski definition) is 7. The molecule has 12 heteroatoms. The molecule has 1 aliphatic rings. The number of nitrogens with zero attached hydrogens (tertiary/aromatic N) is 2. The van der Waals surface area contributed by atoms with Crippen molar-refractivity contribution in [1.29, 1.82) is 0 Å². The molecule has 0 radical (unpaired) electrons. The van der Waals surface area contributed by atoms with Gasteiger partial charge in [0.05, 0.1) is 29.0 Å². The normalized spacial score (nSPS) is 17.7. The highest BCUT2D eigenvalue weighted by atomic mass is 35.5. The van der Waals surface area contributed by atoms with Gasteiger partial charge in [-0.25, -0.2) is 13.4 Å². The molecule has 3 N–H and O–H groups in total. The van der Waals surface area contributed by atoms with E-state index in [0.717, 1.165) is 18.4 Å². The van der Waals surface area contributed by atoms with Gasteiger partial charge >= 0.3 is 5.97 Å². The molecular weight excluding hydrogens is 532 g/mol. The summed E-state index contributed by atoms with van der Waals surface area (Å²) in [6.07, 6.45) is 2.89. The van der Waals surface area contributed by atoms with Crippen LogP contribution in [0.3, 0.4) is 0 Å². The molecule has 1 saturated carbocycles. The second-order valence-electron chi connectivity index (χ2n) is 9.42. The zero-order chi connectivity index (χ0) is 27.4. The number of aliphatic carboxylic acids is 1. The van der Waals surface area contributed by atoms with Crippen molar-refractivity contribution in [3.63, 3.8) is 0 Å². The molecule has 1 aromatic carbocycles. The van der Waals surface area contributed by atoms with Gasteiger partial charge in [0.25, 0.3) is 0 Å². The van der Waals surface area contributed by atoms with E-state index in [2.05, 4.69) is 20.2 Å². The van der Waals surface area contributed by atoms with Crippen LogP contribution in [0, 0.1) is 25.7 Å². The minimum atomic E-state index is -3.74. The monoisotopic (exact) mass is 560 g/mol. The van der Waals surface area contributed by atoms with Gasteiger partial charge < -0.3 is 14.9 Å². The van der Waals surface area contributed by atoms with Gasteiger partial charge in [0.1, 0.15) is 17.1 Å². The zero-order valence-electron chi connectivity index (χ0n) is 21.0. The second-order valence-corrected chi connectivity index (χ2v) is 11.7. The molecule has 2 atom stereocenters. The van der Waals surface area contributed by atoms with E-state index >= 15 is 0 Å². The maximum atomic E-state index is 12.9. The van der Waals surface area contributed by atoms with Crippen LogP contribution >= 0.6 is 11.6 Å². The summed E-state index contributed by atoms with van der Waals surface area (Å²) in [6.45, 7) is 3.31. The predicted octanol–water partition coefficient (Wildman–Crippen LogP) is 4.82. The number of benzene rings is 1. The Morgan fingerprint density at radius 2 is 1.74 bits per heavy atom. The summed E-state index contributed by atoms with van der Waals surface area (Å²) in [6, 6.07) is 10.2. The number of rotatable bonds is 9. The molecule has 0 spiro atoms. The first-order valence-corrected chi connectivity index (χ1v) is 14.3. The Morgan fingerprint density at radius 3 is 2.39 bits per heavy atom. The fourth-order valence-electron chi connectivity index (χ4n) is 4.56. The average molecular weight is 561 g/mol. The maximum Gasteiger partial charge on any atom is 0.307 e. The predicted molar refractivity (Wildman–Crippen MR) is 143 cm³/mol. The minimum absolute atomic E-state index is 0.150. The van der Waals surface area contributed by atoms with Crippen molar-refractivity contribution in [3.05, 3.63) is 58.4 Å². The number of carbonyl (C=O) groups excluding carboxylic acids is 1. The van der Waals surface area contributed by atoms with Crippen LogP contribution in [0.2, 0.25) is 5.02 Å². The fourth-order valence-corrected chi connectivity index (χ4v) is 5.84. The van der Waals surface area contributed by atoms with Crippen molar-refractivity contribution in [2.75, 3.05) is 15.8 Å². The van der Waals surface area contributed by atoms with E-state index in [1.54, 1.807) is 50.2 Å². The SMILES string of the molecule is Cc1nc(-c2onc(C)c2NS(=O)(=O)CCc2ccc(Cl)cc2)ccc1NC(=O)[C@H]1CCCC[C@@H]1C(=O)O. The summed E-state index contributed by atoms with van der Waals surface area (Å²) in [5.41, 5.74) is 2.61. The molecule has 1 aliphatic carbocycles. The minimum Gasteiger partial charge on any atom is -0.481 e. The van der Waals surface area contributed by atoms with Gasteiger partial charge in [-0.2, -0.15) is 0 Å². The number of halogens is 1. The number of carboxylic acid groups (broad SMARTS) is 1. The second kappa shape index (κ2) is 11.5. The molecule has 10 nitrogen and oxygen atoms in total. The lowest BCUT2D eigenvalue weighted by atomic mass is 9.78. The Balaban J connectivity index is 1.48. The highest BCUT2D eigenvalue weighted by Gasteiger charge is 2.36. The van der Waals surface area contributed by atoms with Crippen LogP contribution < -0.4 is 10.0 Å². The van der Waals surface area contributed by atoms with E-state index in [1.807, 2.05) is 0 Å². The summed E-state index contributed by atoms with van der Waals surface area (Å²) >= 11 is 5.89. The highest BCUT2D eigenvalue weighted by Crippen LogP contribution is 2.34. The summed E-state index contributed by atoms with van der Waals surface area (Å²) < 4.78 is 33.6. The Morgan fingerprint density at radius 1 is 1.05 bits per heavy atom. The molecule has 202 valence electrons. The van der Waals surface area contributed by atoms with Crippen LogP contribution in [0.25, 0.3) is 11.5 Å². The molecule has 4 rings (SSSR count). The van der Waals surface area contributed by atoms with E-state index in [9.17, 15) is 23.1 Å². The lowest BCUT2D eigenvalue weighted by molar-refractivity contribution is -0.147. The Labute approximate surface area is 225 Å². The fraction of sp³-hybridized carbons (Fsp3) is 0.385. The maximum absolute atomic E-state index is 12.9. The lowest BCUT2D eigenvalue weighted by Gasteiger charge is -2.27. The van der Waals surface area contributed by atoms with Crippen molar-refractivity contribution < 1.29 is 27.6 Å². The first kappa shape index (κ1) is 27.6. The van der Waals surface area contributed by atoms with Crippen molar-refractivity contribution in [2.45, 2.75) is 46.0 Å². The number of nitrogens with one attached hydrogen (secondary N) is 2. The molecule has 2 heterocycles. The van der Waals surface area contributed by atoms with Gasteiger partial charge in [-0.1, -0.05) is 41.7 Å². The van der Waals surface area contributed by atoms with E-state index < -0.39 is 27.8 Å². The summed E-state index contributed by atoms with van der Waals surface area (Å²) in [7, 11) is -3.74. The molecule has 0 saturated heterocycles. The largest absolute Gasteiger partial charge is 0.481 e. The van der Waals surface area contributed by atoms with Gasteiger partial charge in [0.15, 0.2) is 0 Å². The van der Waals surface area contributed by atoms with Crippen molar-refractivity contribution in [2.24, 2.45) is 11.8 Å². The lowest BCUT2D eigenvalue weighted by Crippen LogP contribution is -2.36. The first-order valence-electron chi connectivity index (χ1n) is 12.3. The zero-order valence-corrected chi connectivity index (χ0v) is 22.6. The van der Waals surface area contributed by atoms with Gasteiger partial charge in [0, 0.05) is 5.02 Å². The van der Waals surface area contributed by atoms with Crippen molar-refractivity contribution >= 4 is 44.9 Å². The molecule has 1 fully saturated rings. The Bertz CT molecular complexity index is 1440. The van der Waals surface area contributed by atoms with Crippen molar-refractivity contribution in [3.8, 4) is 11.5 Å². The van der Waals surface area contributed by atoms with E-state index in [4.69, 9.17) is 16.1 Å². The molecule has 3 aromatic rings. The third-order valence-electron chi connectivity index (χ3n) is 6.69. The molecule has 2 aromatic heterocycles. The summed E-state index contributed by atoms with van der Waals surface area (Å²) in [5.74, 6) is -2.63. The highest BCUT2D eigenvalue weighted by molar-refractivity contribution is 7.92. The number of amides is 1. The van der Waals surface area contributed by atoms with Gasteiger partial charge in [-0.3, -0.25) is 14.3 Å².